The van der Waals surface area contributed by atoms with E-state index < -0.39 is 0 Å². The number of hydrogen-bond acceptors (Lipinski definition) is 5. The second-order valence-electron chi connectivity index (χ2n) is 7.00. The number of carbonyl (C=O) groups excluding carboxylic acids is 1. The minimum atomic E-state index is 0.227. The molecule has 0 amide bonds. The van der Waals surface area contributed by atoms with Gasteiger partial charge < -0.3 is 4.90 Å². The predicted octanol–water partition coefficient (Wildman–Crippen LogP) is 3.73. The highest BCUT2D eigenvalue weighted by atomic mass is 35.5. The molecular formula is C19H23ClN4O. The fourth-order valence-electron chi connectivity index (χ4n) is 3.23. The maximum Gasteiger partial charge on any atom is 0.180 e. The van der Waals surface area contributed by atoms with E-state index in [-0.39, 0.29) is 5.78 Å². The number of rotatable bonds is 6. The van der Waals surface area contributed by atoms with E-state index in [9.17, 15) is 4.79 Å². The zero-order chi connectivity index (χ0) is 18.0. The number of aromatic nitrogens is 3. The van der Waals surface area contributed by atoms with Crippen molar-refractivity contribution in [3.8, 4) is 11.5 Å². The van der Waals surface area contributed by atoms with E-state index in [2.05, 4.69) is 18.8 Å². The summed E-state index contributed by atoms with van der Waals surface area (Å²) < 4.78 is 0. The molecular weight excluding hydrogens is 336 g/mol. The van der Waals surface area contributed by atoms with Crippen molar-refractivity contribution in [2.45, 2.75) is 39.5 Å². The number of halogens is 1. The van der Waals surface area contributed by atoms with Gasteiger partial charge >= 0.3 is 0 Å². The molecule has 0 spiro atoms. The van der Waals surface area contributed by atoms with Gasteiger partial charge in [-0.3, -0.25) is 9.78 Å². The first-order chi connectivity index (χ1) is 11.9. The monoisotopic (exact) mass is 358 g/mol. The molecule has 1 aliphatic rings. The molecule has 2 aromatic heterocycles. The molecule has 0 saturated carbocycles. The number of nitrogens with zero attached hydrogens (tertiary/aromatic N) is 4. The van der Waals surface area contributed by atoms with Crippen molar-refractivity contribution in [2.75, 3.05) is 18.5 Å². The van der Waals surface area contributed by atoms with E-state index in [4.69, 9.17) is 21.6 Å². The van der Waals surface area contributed by atoms with Crippen LogP contribution in [0.25, 0.3) is 11.5 Å². The van der Waals surface area contributed by atoms with Crippen molar-refractivity contribution in [2.24, 2.45) is 5.92 Å². The van der Waals surface area contributed by atoms with Crippen LogP contribution in [0.2, 0.25) is 5.02 Å². The molecule has 0 aliphatic heterocycles. The number of hydrogen-bond donors (Lipinski definition) is 0. The molecule has 2 aromatic rings. The lowest BCUT2D eigenvalue weighted by molar-refractivity contribution is -0.118. The number of anilines is 1. The Hall–Kier alpha value is -2.01. The van der Waals surface area contributed by atoms with Crippen LogP contribution < -0.4 is 4.90 Å². The van der Waals surface area contributed by atoms with Crippen LogP contribution in [0.15, 0.2) is 18.3 Å². The standard InChI is InChI=1S/C19H23ClN4O/c1-12(2)9-14(25)11-24(3)19-15-5-4-6-16(15)22-18(23-19)17-10-13(20)7-8-21-17/h7-8,10,12H,4-6,9,11H2,1-3H3. The highest BCUT2D eigenvalue weighted by Gasteiger charge is 2.23. The van der Waals surface area contributed by atoms with Gasteiger partial charge in [0.05, 0.1) is 6.54 Å². The van der Waals surface area contributed by atoms with Gasteiger partial charge in [-0.1, -0.05) is 25.4 Å². The van der Waals surface area contributed by atoms with Crippen molar-refractivity contribution < 1.29 is 4.79 Å². The van der Waals surface area contributed by atoms with Gasteiger partial charge in [0.1, 0.15) is 11.5 Å². The van der Waals surface area contributed by atoms with Gasteiger partial charge in [-0.2, -0.15) is 0 Å². The first kappa shape index (κ1) is 17.8. The van der Waals surface area contributed by atoms with Crippen molar-refractivity contribution in [1.82, 2.24) is 15.0 Å². The molecule has 0 saturated heterocycles. The van der Waals surface area contributed by atoms with Gasteiger partial charge in [0.25, 0.3) is 0 Å². The van der Waals surface area contributed by atoms with E-state index >= 15 is 0 Å². The number of aryl methyl sites for hydroxylation is 1. The van der Waals surface area contributed by atoms with Crippen molar-refractivity contribution in [1.29, 1.82) is 0 Å². The summed E-state index contributed by atoms with van der Waals surface area (Å²) in [5, 5.41) is 0.608. The Morgan fingerprint density at radius 3 is 2.84 bits per heavy atom. The van der Waals surface area contributed by atoms with E-state index in [0.717, 1.165) is 36.3 Å². The molecule has 0 radical (unpaired) electrons. The maximum absolute atomic E-state index is 12.2. The van der Waals surface area contributed by atoms with Crippen LogP contribution in [0.1, 0.15) is 37.9 Å². The topological polar surface area (TPSA) is 59.0 Å². The Morgan fingerprint density at radius 2 is 2.12 bits per heavy atom. The Bertz CT molecular complexity index is 791. The second-order valence-corrected chi connectivity index (χ2v) is 7.44. The Balaban J connectivity index is 1.94. The normalized spacial score (nSPS) is 13.2. The van der Waals surface area contributed by atoms with Gasteiger partial charge in [-0.05, 0) is 37.3 Å². The molecule has 132 valence electrons. The van der Waals surface area contributed by atoms with E-state index in [1.54, 1.807) is 18.3 Å². The smallest absolute Gasteiger partial charge is 0.180 e. The van der Waals surface area contributed by atoms with Crippen LogP contribution in [0.3, 0.4) is 0 Å². The van der Waals surface area contributed by atoms with Crippen LogP contribution in [-0.4, -0.2) is 34.3 Å². The summed E-state index contributed by atoms with van der Waals surface area (Å²) in [6, 6.07) is 3.50. The molecule has 0 N–H and O–H groups in total. The maximum atomic E-state index is 12.2. The summed E-state index contributed by atoms with van der Waals surface area (Å²) >= 11 is 6.08. The molecule has 2 heterocycles. The number of Topliss-reactive ketones (excluding diaryl/α,β-unsaturated/α-hetero) is 1. The molecule has 0 bridgehead atoms. The highest BCUT2D eigenvalue weighted by molar-refractivity contribution is 6.30. The lowest BCUT2D eigenvalue weighted by Gasteiger charge is -2.21. The van der Waals surface area contributed by atoms with Gasteiger partial charge in [0, 0.05) is 35.9 Å². The average molecular weight is 359 g/mol. The van der Waals surface area contributed by atoms with Crippen molar-refractivity contribution >= 4 is 23.2 Å². The third-order valence-corrected chi connectivity index (χ3v) is 4.51. The minimum absolute atomic E-state index is 0.227. The Morgan fingerprint density at radius 1 is 1.32 bits per heavy atom. The summed E-state index contributed by atoms with van der Waals surface area (Å²) in [6.07, 6.45) is 5.20. The third kappa shape index (κ3) is 4.15. The highest BCUT2D eigenvalue weighted by Crippen LogP contribution is 2.31. The molecule has 0 unspecified atom stereocenters. The second kappa shape index (κ2) is 7.48. The van der Waals surface area contributed by atoms with Crippen molar-refractivity contribution in [3.63, 3.8) is 0 Å². The molecule has 3 rings (SSSR count). The van der Waals surface area contributed by atoms with Crippen LogP contribution in [0.5, 0.6) is 0 Å². The van der Waals surface area contributed by atoms with Gasteiger partial charge in [0.2, 0.25) is 0 Å². The first-order valence-corrected chi connectivity index (χ1v) is 9.06. The molecule has 0 aromatic carbocycles. The Kier molecular flexibility index (Phi) is 5.33. The molecule has 25 heavy (non-hydrogen) atoms. The summed E-state index contributed by atoms with van der Waals surface area (Å²) in [6.45, 7) is 4.48. The van der Waals surface area contributed by atoms with Crippen LogP contribution in [-0.2, 0) is 17.6 Å². The van der Waals surface area contributed by atoms with Gasteiger partial charge in [-0.15, -0.1) is 0 Å². The Labute approximate surface area is 153 Å². The minimum Gasteiger partial charge on any atom is -0.352 e. The van der Waals surface area contributed by atoms with E-state index in [1.807, 2.05) is 11.9 Å². The number of fused-ring (bicyclic) bond motifs is 1. The fraction of sp³-hybridized carbons (Fsp3) is 0.474. The van der Waals surface area contributed by atoms with Crippen LogP contribution >= 0.6 is 11.6 Å². The summed E-state index contributed by atoms with van der Waals surface area (Å²) in [5.41, 5.74) is 2.88. The summed E-state index contributed by atoms with van der Waals surface area (Å²) in [4.78, 5) is 27.9. The molecule has 0 atom stereocenters. The fourth-order valence-corrected chi connectivity index (χ4v) is 3.39. The first-order valence-electron chi connectivity index (χ1n) is 8.68. The van der Waals surface area contributed by atoms with Crippen LogP contribution in [0, 0.1) is 5.92 Å². The molecule has 5 nitrogen and oxygen atoms in total. The number of pyridine rings is 1. The van der Waals surface area contributed by atoms with E-state index in [0.29, 0.717) is 35.4 Å². The van der Waals surface area contributed by atoms with Gasteiger partial charge in [0.15, 0.2) is 11.6 Å². The predicted molar refractivity (Wildman–Crippen MR) is 100 cm³/mol. The van der Waals surface area contributed by atoms with Crippen molar-refractivity contribution in [3.05, 3.63) is 34.6 Å². The average Bonchev–Trinajstić information content (AvgIpc) is 3.01. The van der Waals surface area contributed by atoms with Crippen LogP contribution in [0.4, 0.5) is 5.82 Å². The molecule has 0 fully saturated rings. The quantitative estimate of drug-likeness (QED) is 0.787. The third-order valence-electron chi connectivity index (χ3n) is 4.27. The van der Waals surface area contributed by atoms with Gasteiger partial charge in [-0.25, -0.2) is 9.97 Å². The zero-order valence-corrected chi connectivity index (χ0v) is 15.7. The lowest BCUT2D eigenvalue weighted by Crippen LogP contribution is -2.28. The summed E-state index contributed by atoms with van der Waals surface area (Å²) in [7, 11) is 1.92. The number of likely N-dealkylation sites (N-methyl/N-ethyl adjacent to an activating group) is 1. The SMILES string of the molecule is CC(C)CC(=O)CN(C)c1nc(-c2cc(Cl)ccn2)nc2c1CCC2. The summed E-state index contributed by atoms with van der Waals surface area (Å²) in [5.74, 6) is 2.01. The number of carbonyl (C=O) groups is 1. The molecule has 1 aliphatic carbocycles. The van der Waals surface area contributed by atoms with E-state index in [1.165, 1.54) is 0 Å². The largest absolute Gasteiger partial charge is 0.352 e. The lowest BCUT2D eigenvalue weighted by atomic mass is 10.1. The number of ketones is 1. The zero-order valence-electron chi connectivity index (χ0n) is 14.9. The molecule has 6 heteroatoms.